The number of ether oxygens (including phenoxy) is 1. The lowest BCUT2D eigenvalue weighted by atomic mass is 9.69. The molecule has 0 radical (unpaired) electrons. The highest BCUT2D eigenvalue weighted by molar-refractivity contribution is 9.10. The van der Waals surface area contributed by atoms with Crippen LogP contribution in [0.2, 0.25) is 0 Å². The maximum atomic E-state index is 9.62. The smallest absolute Gasteiger partial charge is 0.122 e. The Morgan fingerprint density at radius 3 is 2.68 bits per heavy atom. The molecule has 1 aliphatic rings. The summed E-state index contributed by atoms with van der Waals surface area (Å²) in [6, 6.07) is 8.61. The van der Waals surface area contributed by atoms with Gasteiger partial charge in [0.25, 0.3) is 0 Å². The highest BCUT2D eigenvalue weighted by Gasteiger charge is 2.35. The van der Waals surface area contributed by atoms with Crippen molar-refractivity contribution in [3.63, 3.8) is 0 Å². The maximum absolute atomic E-state index is 9.62. The Bertz CT molecular complexity index is 484. The fourth-order valence-corrected chi connectivity index (χ4v) is 3.30. The molecule has 0 N–H and O–H groups in total. The molecule has 19 heavy (non-hydrogen) atoms. The molecule has 2 nitrogen and oxygen atoms in total. The van der Waals surface area contributed by atoms with E-state index in [0.29, 0.717) is 0 Å². The van der Waals surface area contributed by atoms with Crippen LogP contribution >= 0.6 is 15.9 Å². The monoisotopic (exact) mass is 321 g/mol. The highest BCUT2D eigenvalue weighted by atomic mass is 79.9. The number of methoxy groups -OCH3 is 1. The number of nitrogens with zero attached hydrogens (tertiary/aromatic N) is 1. The van der Waals surface area contributed by atoms with Crippen molar-refractivity contribution in [1.29, 1.82) is 5.26 Å². The molecule has 1 aromatic rings. The Labute approximate surface area is 123 Å². The maximum Gasteiger partial charge on any atom is 0.122 e. The molecule has 0 aliphatic heterocycles. The van der Waals surface area contributed by atoms with E-state index in [2.05, 4.69) is 35.0 Å². The summed E-state index contributed by atoms with van der Waals surface area (Å²) in [5, 5.41) is 9.62. The zero-order valence-corrected chi connectivity index (χ0v) is 13.2. The Hall–Kier alpha value is -1.01. The first-order chi connectivity index (χ1) is 9.08. The Balaban J connectivity index is 2.24. The molecule has 0 spiro atoms. The summed E-state index contributed by atoms with van der Waals surface area (Å²) >= 11 is 3.50. The summed E-state index contributed by atoms with van der Waals surface area (Å²) in [5.74, 6) is 1.64. The van der Waals surface area contributed by atoms with Gasteiger partial charge in [-0.2, -0.15) is 5.26 Å². The normalized spacial score (nSPS) is 26.7. The van der Waals surface area contributed by atoms with Crippen molar-refractivity contribution in [1.82, 2.24) is 0 Å². The van der Waals surface area contributed by atoms with Gasteiger partial charge in [-0.3, -0.25) is 0 Å². The van der Waals surface area contributed by atoms with E-state index in [-0.39, 0.29) is 5.41 Å². The van der Waals surface area contributed by atoms with Gasteiger partial charge >= 0.3 is 0 Å². The standard InChI is InChI=1S/C16H20BrNO/c1-12-5-7-16(11-18,8-6-12)10-13-9-14(17)3-4-15(13)19-2/h3-4,9,12H,5-8,10H2,1-2H3. The molecule has 0 heterocycles. The zero-order chi connectivity index (χ0) is 13.9. The van der Waals surface area contributed by atoms with Crippen LogP contribution in [0.3, 0.4) is 0 Å². The van der Waals surface area contributed by atoms with E-state index in [1.807, 2.05) is 12.1 Å². The van der Waals surface area contributed by atoms with Gasteiger partial charge in [-0.15, -0.1) is 0 Å². The van der Waals surface area contributed by atoms with Gasteiger partial charge in [-0.05, 0) is 61.8 Å². The van der Waals surface area contributed by atoms with Gasteiger partial charge in [0.05, 0.1) is 18.6 Å². The topological polar surface area (TPSA) is 33.0 Å². The van der Waals surface area contributed by atoms with Crippen LogP contribution in [-0.4, -0.2) is 7.11 Å². The van der Waals surface area contributed by atoms with E-state index >= 15 is 0 Å². The second-order valence-electron chi connectivity index (χ2n) is 5.71. The first-order valence-corrected chi connectivity index (χ1v) is 7.61. The van der Waals surface area contributed by atoms with Crippen molar-refractivity contribution in [3.8, 4) is 11.8 Å². The predicted octanol–water partition coefficient (Wildman–Crippen LogP) is 4.72. The van der Waals surface area contributed by atoms with E-state index in [4.69, 9.17) is 4.74 Å². The molecule has 102 valence electrons. The van der Waals surface area contributed by atoms with E-state index in [0.717, 1.165) is 53.8 Å². The molecule has 0 unspecified atom stereocenters. The fraction of sp³-hybridized carbons (Fsp3) is 0.562. The second kappa shape index (κ2) is 5.96. The first-order valence-electron chi connectivity index (χ1n) is 6.82. The minimum absolute atomic E-state index is 0.208. The van der Waals surface area contributed by atoms with Gasteiger partial charge in [-0.1, -0.05) is 22.9 Å². The average Bonchev–Trinajstić information content (AvgIpc) is 2.42. The van der Waals surface area contributed by atoms with Crippen LogP contribution in [0.4, 0.5) is 0 Å². The van der Waals surface area contributed by atoms with E-state index in [1.165, 1.54) is 0 Å². The number of rotatable bonds is 3. The van der Waals surface area contributed by atoms with Crippen LogP contribution < -0.4 is 4.74 Å². The summed E-state index contributed by atoms with van der Waals surface area (Å²) in [5.41, 5.74) is 0.925. The number of halogens is 1. The lowest BCUT2D eigenvalue weighted by Crippen LogP contribution is -2.27. The molecule has 0 bridgehead atoms. The second-order valence-corrected chi connectivity index (χ2v) is 6.62. The molecular weight excluding hydrogens is 302 g/mol. The third-order valence-corrected chi connectivity index (χ3v) is 4.73. The molecule has 1 aromatic carbocycles. The predicted molar refractivity (Wildman–Crippen MR) is 80.1 cm³/mol. The van der Waals surface area contributed by atoms with Gasteiger partial charge in [0.2, 0.25) is 0 Å². The molecule has 0 saturated heterocycles. The molecule has 3 heteroatoms. The molecule has 0 atom stereocenters. The van der Waals surface area contributed by atoms with Crippen molar-refractivity contribution < 1.29 is 4.74 Å². The molecule has 0 aromatic heterocycles. The SMILES string of the molecule is COc1ccc(Br)cc1CC1(C#N)CCC(C)CC1. The van der Waals surface area contributed by atoms with E-state index < -0.39 is 0 Å². The largest absolute Gasteiger partial charge is 0.496 e. The van der Waals surface area contributed by atoms with Crippen molar-refractivity contribution in [2.75, 3.05) is 7.11 Å². The van der Waals surface area contributed by atoms with Crippen LogP contribution in [0.5, 0.6) is 5.75 Å². The van der Waals surface area contributed by atoms with E-state index in [9.17, 15) is 5.26 Å². The summed E-state index contributed by atoms with van der Waals surface area (Å²) in [6.07, 6.45) is 5.10. The van der Waals surface area contributed by atoms with Gasteiger partial charge in [0.1, 0.15) is 5.75 Å². The highest BCUT2D eigenvalue weighted by Crippen LogP contribution is 2.42. The molecular formula is C16H20BrNO. The Morgan fingerprint density at radius 1 is 1.42 bits per heavy atom. The summed E-state index contributed by atoms with van der Waals surface area (Å²) in [6.45, 7) is 2.28. The lowest BCUT2D eigenvalue weighted by molar-refractivity contribution is 0.217. The quantitative estimate of drug-likeness (QED) is 0.806. The first kappa shape index (κ1) is 14.4. The number of benzene rings is 1. The minimum Gasteiger partial charge on any atom is -0.496 e. The van der Waals surface area contributed by atoms with Crippen LogP contribution in [0.1, 0.15) is 38.2 Å². The Morgan fingerprint density at radius 2 is 2.11 bits per heavy atom. The molecule has 2 rings (SSSR count). The fourth-order valence-electron chi connectivity index (χ4n) is 2.89. The zero-order valence-electron chi connectivity index (χ0n) is 11.6. The molecule has 1 saturated carbocycles. The number of hydrogen-bond acceptors (Lipinski definition) is 2. The van der Waals surface area contributed by atoms with E-state index in [1.54, 1.807) is 7.11 Å². The number of nitriles is 1. The summed E-state index contributed by atoms with van der Waals surface area (Å²) < 4.78 is 6.46. The Kier molecular flexibility index (Phi) is 4.52. The van der Waals surface area contributed by atoms with Gasteiger partial charge in [0, 0.05) is 4.47 Å². The third kappa shape index (κ3) is 3.30. The molecule has 1 fully saturated rings. The van der Waals surface area contributed by atoms with Crippen molar-refractivity contribution in [3.05, 3.63) is 28.2 Å². The van der Waals surface area contributed by atoms with Gasteiger partial charge < -0.3 is 4.74 Å². The van der Waals surface area contributed by atoms with Crippen LogP contribution in [0.25, 0.3) is 0 Å². The van der Waals surface area contributed by atoms with Crippen LogP contribution in [0.15, 0.2) is 22.7 Å². The third-order valence-electron chi connectivity index (χ3n) is 4.24. The lowest BCUT2D eigenvalue weighted by Gasteiger charge is -2.34. The summed E-state index contributed by atoms with van der Waals surface area (Å²) in [7, 11) is 1.69. The molecule has 1 aliphatic carbocycles. The average molecular weight is 322 g/mol. The summed E-state index contributed by atoms with van der Waals surface area (Å²) in [4.78, 5) is 0. The number of hydrogen-bond donors (Lipinski definition) is 0. The van der Waals surface area contributed by atoms with Crippen molar-refractivity contribution in [2.45, 2.75) is 39.0 Å². The van der Waals surface area contributed by atoms with Crippen LogP contribution in [0, 0.1) is 22.7 Å². The molecule has 0 amide bonds. The van der Waals surface area contributed by atoms with Crippen molar-refractivity contribution >= 4 is 15.9 Å². The van der Waals surface area contributed by atoms with Gasteiger partial charge in [-0.25, -0.2) is 0 Å². The van der Waals surface area contributed by atoms with Crippen molar-refractivity contribution in [2.24, 2.45) is 11.3 Å². The van der Waals surface area contributed by atoms with Crippen LogP contribution in [-0.2, 0) is 6.42 Å². The minimum atomic E-state index is -0.208. The van der Waals surface area contributed by atoms with Gasteiger partial charge in [0.15, 0.2) is 0 Å².